The second kappa shape index (κ2) is 12.7. The average Bonchev–Trinajstić information content (AvgIpc) is 3.57. The van der Waals surface area contributed by atoms with Gasteiger partial charge in [0.25, 0.3) is 5.91 Å². The topological polar surface area (TPSA) is 138 Å². The molecule has 0 spiro atoms. The Morgan fingerprint density at radius 2 is 1.90 bits per heavy atom. The third kappa shape index (κ3) is 6.28. The molecule has 2 fully saturated rings. The SMILES string of the molecule is CC1(C)Cc2cnc(N)nc2-c2[nH]nc(C(=O)Nc3nc(CNC4CCN(C5CCCCC5)CC4)cs3)c21.Cl.Cl. The van der Waals surface area contributed by atoms with E-state index in [-0.39, 0.29) is 42.1 Å². The van der Waals surface area contributed by atoms with E-state index in [0.29, 0.717) is 35.5 Å². The van der Waals surface area contributed by atoms with Gasteiger partial charge in [0.15, 0.2) is 10.8 Å². The van der Waals surface area contributed by atoms with Gasteiger partial charge in [0.1, 0.15) is 0 Å². The van der Waals surface area contributed by atoms with Gasteiger partial charge in [-0.1, -0.05) is 33.1 Å². The van der Waals surface area contributed by atoms with Crippen LogP contribution >= 0.6 is 36.2 Å². The molecule has 3 aromatic heterocycles. The molecule has 0 aromatic carbocycles. The van der Waals surface area contributed by atoms with Gasteiger partial charge in [0.05, 0.1) is 17.1 Å². The standard InChI is InChI=1S/C27H37N9OS.2ClH/c1-27(2)12-16-13-30-25(28)32-21(16)22-20(27)23(35-34-22)24(37)33-26-31-18(15-38-26)14-29-17-8-10-36(11-9-17)19-6-4-3-5-7-19;;/h13,15,17,19,29H,3-12,14H2,1-2H3,(H,34,35)(H2,28,30,32)(H,31,33,37);2*1H. The molecule has 13 heteroatoms. The molecule has 5 N–H and O–H groups in total. The van der Waals surface area contributed by atoms with Crippen molar-refractivity contribution in [1.29, 1.82) is 0 Å². The van der Waals surface area contributed by atoms with Crippen LogP contribution in [0.4, 0.5) is 11.1 Å². The highest BCUT2D eigenvalue weighted by atomic mass is 35.5. The number of likely N-dealkylation sites (tertiary alicyclic amines) is 1. The molecule has 3 aromatic rings. The van der Waals surface area contributed by atoms with Gasteiger partial charge in [-0.05, 0) is 56.2 Å². The summed E-state index contributed by atoms with van der Waals surface area (Å²) in [5.74, 6) is -0.0706. The maximum Gasteiger partial charge on any atom is 0.278 e. The minimum atomic E-state index is -0.313. The van der Waals surface area contributed by atoms with Gasteiger partial charge >= 0.3 is 0 Å². The number of fused-ring (bicyclic) bond motifs is 3. The first-order valence-corrected chi connectivity index (χ1v) is 14.7. The van der Waals surface area contributed by atoms with Gasteiger partial charge in [-0.3, -0.25) is 15.2 Å². The van der Waals surface area contributed by atoms with Crippen LogP contribution in [0.3, 0.4) is 0 Å². The minimum absolute atomic E-state index is 0. The van der Waals surface area contributed by atoms with Gasteiger partial charge in [-0.2, -0.15) is 5.10 Å². The minimum Gasteiger partial charge on any atom is -0.368 e. The van der Waals surface area contributed by atoms with Crippen molar-refractivity contribution in [2.75, 3.05) is 24.1 Å². The Kier molecular flexibility index (Phi) is 9.72. The number of thiazole rings is 1. The number of nitrogens with zero attached hydrogens (tertiary/aromatic N) is 5. The summed E-state index contributed by atoms with van der Waals surface area (Å²) in [6.45, 7) is 7.29. The number of amides is 1. The van der Waals surface area contributed by atoms with E-state index >= 15 is 0 Å². The van der Waals surface area contributed by atoms with E-state index in [1.807, 2.05) is 5.38 Å². The van der Waals surface area contributed by atoms with Crippen LogP contribution in [0.2, 0.25) is 0 Å². The van der Waals surface area contributed by atoms with Crippen molar-refractivity contribution in [3.63, 3.8) is 0 Å². The molecule has 0 bridgehead atoms. The fourth-order valence-electron chi connectivity index (χ4n) is 6.43. The van der Waals surface area contributed by atoms with Gasteiger partial charge in [0.2, 0.25) is 5.95 Å². The summed E-state index contributed by atoms with van der Waals surface area (Å²) in [6.07, 6.45) is 11.8. The van der Waals surface area contributed by atoms with Crippen LogP contribution < -0.4 is 16.4 Å². The zero-order valence-corrected chi connectivity index (χ0v) is 25.5. The van der Waals surface area contributed by atoms with E-state index < -0.39 is 0 Å². The Bertz CT molecular complexity index is 1310. The van der Waals surface area contributed by atoms with E-state index in [9.17, 15) is 4.79 Å². The Balaban J connectivity index is 0.00000185. The fraction of sp³-hybridized carbons (Fsp3) is 0.593. The van der Waals surface area contributed by atoms with Crippen LogP contribution in [0.15, 0.2) is 11.6 Å². The first-order valence-electron chi connectivity index (χ1n) is 13.8. The van der Waals surface area contributed by atoms with Crippen LogP contribution in [-0.2, 0) is 18.4 Å². The maximum absolute atomic E-state index is 13.3. The number of hydrogen-bond acceptors (Lipinski definition) is 9. The lowest BCUT2D eigenvalue weighted by Gasteiger charge is -2.39. The number of piperidine rings is 1. The predicted octanol–water partition coefficient (Wildman–Crippen LogP) is 4.72. The summed E-state index contributed by atoms with van der Waals surface area (Å²) in [4.78, 5) is 29.2. The van der Waals surface area contributed by atoms with Crippen molar-refractivity contribution in [2.45, 2.75) is 89.3 Å². The summed E-state index contributed by atoms with van der Waals surface area (Å²) in [6, 6.07) is 1.33. The molecular weight excluding hydrogens is 569 g/mol. The zero-order chi connectivity index (χ0) is 26.3. The molecule has 1 saturated heterocycles. The number of carbonyl (C=O) groups excluding carboxylic acids is 1. The summed E-state index contributed by atoms with van der Waals surface area (Å²) < 4.78 is 0. The molecule has 10 nitrogen and oxygen atoms in total. The first-order chi connectivity index (χ1) is 18.4. The van der Waals surface area contributed by atoms with Gasteiger partial charge in [-0.25, -0.2) is 15.0 Å². The lowest BCUT2D eigenvalue weighted by Crippen LogP contribution is -2.47. The Morgan fingerprint density at radius 1 is 1.15 bits per heavy atom. The number of rotatable bonds is 6. The number of anilines is 2. The number of aromatic amines is 1. The van der Waals surface area contributed by atoms with Gasteiger partial charge < -0.3 is 16.0 Å². The van der Waals surface area contributed by atoms with Gasteiger partial charge in [-0.15, -0.1) is 36.2 Å². The van der Waals surface area contributed by atoms with Crippen LogP contribution in [0.5, 0.6) is 0 Å². The Hall–Kier alpha value is -2.31. The number of hydrogen-bond donors (Lipinski definition) is 4. The molecule has 1 saturated carbocycles. The quantitative estimate of drug-likeness (QED) is 0.316. The second-order valence-electron chi connectivity index (χ2n) is 11.6. The monoisotopic (exact) mass is 607 g/mol. The molecule has 0 atom stereocenters. The number of nitrogens with one attached hydrogen (secondary N) is 3. The Morgan fingerprint density at radius 3 is 2.65 bits per heavy atom. The van der Waals surface area contributed by atoms with Crippen molar-refractivity contribution < 1.29 is 4.79 Å². The van der Waals surface area contributed by atoms with Crippen LogP contribution in [0.25, 0.3) is 11.4 Å². The molecular formula is C27H39Cl2N9OS. The van der Waals surface area contributed by atoms with Crippen molar-refractivity contribution >= 4 is 53.1 Å². The lowest BCUT2D eigenvalue weighted by atomic mass is 9.73. The van der Waals surface area contributed by atoms with Crippen LogP contribution in [-0.4, -0.2) is 61.1 Å². The number of nitrogen functional groups attached to an aromatic ring is 1. The number of nitrogens with two attached hydrogens (primary N) is 1. The van der Waals surface area contributed by atoms with Crippen LogP contribution in [0, 0.1) is 0 Å². The summed E-state index contributed by atoms with van der Waals surface area (Å²) in [7, 11) is 0. The highest BCUT2D eigenvalue weighted by molar-refractivity contribution is 7.14. The number of aromatic nitrogens is 5. The third-order valence-corrected chi connectivity index (χ3v) is 9.18. The first kappa shape index (κ1) is 30.6. The van der Waals surface area contributed by atoms with E-state index in [0.717, 1.165) is 28.6 Å². The molecule has 1 aliphatic heterocycles. The van der Waals surface area contributed by atoms with E-state index in [2.05, 4.69) is 54.5 Å². The van der Waals surface area contributed by atoms with Gasteiger partial charge in [0, 0.05) is 35.8 Å². The molecule has 4 heterocycles. The highest BCUT2D eigenvalue weighted by Crippen LogP contribution is 2.42. The fourth-order valence-corrected chi connectivity index (χ4v) is 7.14. The molecule has 218 valence electrons. The molecule has 3 aliphatic rings. The number of halogens is 2. The third-order valence-electron chi connectivity index (χ3n) is 8.38. The largest absolute Gasteiger partial charge is 0.368 e. The average molecular weight is 609 g/mol. The molecule has 2 aliphatic carbocycles. The lowest BCUT2D eigenvalue weighted by molar-refractivity contribution is 0.102. The normalized spacial score (nSPS) is 19.1. The van der Waals surface area contributed by atoms with E-state index in [1.165, 1.54) is 69.4 Å². The Labute approximate surface area is 251 Å². The summed E-state index contributed by atoms with van der Waals surface area (Å²) in [5.41, 5.74) is 10.1. The van der Waals surface area contributed by atoms with Crippen molar-refractivity contribution in [3.8, 4) is 11.4 Å². The van der Waals surface area contributed by atoms with E-state index in [1.54, 1.807) is 6.20 Å². The second-order valence-corrected chi connectivity index (χ2v) is 12.4. The summed E-state index contributed by atoms with van der Waals surface area (Å²) in [5, 5.41) is 16.7. The van der Waals surface area contributed by atoms with Crippen LogP contribution in [0.1, 0.15) is 86.1 Å². The van der Waals surface area contributed by atoms with E-state index in [4.69, 9.17) is 5.73 Å². The zero-order valence-electron chi connectivity index (χ0n) is 23.0. The maximum atomic E-state index is 13.3. The number of H-pyrrole nitrogens is 1. The highest BCUT2D eigenvalue weighted by Gasteiger charge is 2.38. The van der Waals surface area contributed by atoms with Crippen molar-refractivity contribution in [3.05, 3.63) is 34.1 Å². The smallest absolute Gasteiger partial charge is 0.278 e. The molecule has 0 unspecified atom stereocenters. The van der Waals surface area contributed by atoms with Crippen molar-refractivity contribution in [1.82, 2.24) is 35.4 Å². The molecule has 6 rings (SSSR count). The molecule has 40 heavy (non-hydrogen) atoms. The van der Waals surface area contributed by atoms with Crippen molar-refractivity contribution in [2.24, 2.45) is 0 Å². The summed E-state index contributed by atoms with van der Waals surface area (Å²) >= 11 is 1.44. The predicted molar refractivity (Wildman–Crippen MR) is 164 cm³/mol. The molecule has 1 amide bonds. The molecule has 0 radical (unpaired) electrons. The number of carbonyl (C=O) groups is 1.